The number of furan rings is 1. The molecule has 1 aliphatic rings. The molecule has 1 aromatic rings. The Morgan fingerprint density at radius 2 is 2.50 bits per heavy atom. The van der Waals surface area contributed by atoms with Crippen LogP contribution < -0.4 is 10.6 Å². The minimum absolute atomic E-state index is 0.0961. The van der Waals surface area contributed by atoms with Crippen LogP contribution in [-0.4, -0.2) is 31.2 Å². The van der Waals surface area contributed by atoms with Crippen molar-refractivity contribution in [3.8, 4) is 0 Å². The fourth-order valence-electron chi connectivity index (χ4n) is 1.47. The second-order valence-corrected chi connectivity index (χ2v) is 4.20. The summed E-state index contributed by atoms with van der Waals surface area (Å²) in [7, 11) is 0. The zero-order valence-electron chi connectivity index (χ0n) is 9.29. The molecule has 0 saturated carbocycles. The fourth-order valence-corrected chi connectivity index (χ4v) is 1.47. The number of carbonyl (C=O) groups is 1. The molecule has 2 N–H and O–H groups in total. The van der Waals surface area contributed by atoms with Gasteiger partial charge in [0, 0.05) is 13.1 Å². The molecule has 1 aliphatic heterocycles. The molecule has 2 heterocycles. The van der Waals surface area contributed by atoms with Gasteiger partial charge in [-0.25, -0.2) is 0 Å². The van der Waals surface area contributed by atoms with E-state index in [1.807, 2.05) is 13.0 Å². The Hall–Kier alpha value is -1.33. The molecular weight excluding hydrogens is 208 g/mol. The van der Waals surface area contributed by atoms with E-state index in [1.54, 1.807) is 12.3 Å². The van der Waals surface area contributed by atoms with Crippen LogP contribution in [0.4, 0.5) is 0 Å². The highest BCUT2D eigenvalue weighted by Crippen LogP contribution is 2.14. The molecule has 0 aliphatic carbocycles. The summed E-state index contributed by atoms with van der Waals surface area (Å²) in [6, 6.07) is 3.61. The summed E-state index contributed by atoms with van der Waals surface area (Å²) in [6.45, 7) is 4.10. The highest BCUT2D eigenvalue weighted by Gasteiger charge is 2.32. The van der Waals surface area contributed by atoms with E-state index in [0.717, 1.165) is 18.8 Å². The van der Waals surface area contributed by atoms with Crippen molar-refractivity contribution >= 4 is 5.91 Å². The zero-order chi connectivity index (χ0) is 11.4. The quantitative estimate of drug-likeness (QED) is 0.753. The van der Waals surface area contributed by atoms with E-state index < -0.39 is 0 Å². The maximum atomic E-state index is 11.4. The molecule has 5 heteroatoms. The molecule has 0 spiro atoms. The second kappa shape index (κ2) is 4.67. The van der Waals surface area contributed by atoms with Crippen molar-refractivity contribution in [2.24, 2.45) is 0 Å². The highest BCUT2D eigenvalue weighted by atomic mass is 16.5. The molecule has 5 nitrogen and oxygen atoms in total. The van der Waals surface area contributed by atoms with Gasteiger partial charge in [0.15, 0.2) is 0 Å². The average Bonchev–Trinajstić information content (AvgIpc) is 2.73. The number of rotatable bonds is 5. The first kappa shape index (κ1) is 11.2. The first-order valence-electron chi connectivity index (χ1n) is 5.32. The normalized spacial score (nSPS) is 17.8. The summed E-state index contributed by atoms with van der Waals surface area (Å²) in [5.41, 5.74) is -0.179. The van der Waals surface area contributed by atoms with E-state index in [9.17, 15) is 4.79 Å². The van der Waals surface area contributed by atoms with Crippen LogP contribution in [0.5, 0.6) is 0 Å². The number of amides is 1. The zero-order valence-corrected chi connectivity index (χ0v) is 9.29. The van der Waals surface area contributed by atoms with Gasteiger partial charge in [0.1, 0.15) is 12.4 Å². The van der Waals surface area contributed by atoms with Crippen molar-refractivity contribution < 1.29 is 13.9 Å². The number of hydrogen-bond acceptors (Lipinski definition) is 4. The molecule has 0 atom stereocenters. The van der Waals surface area contributed by atoms with Crippen LogP contribution in [0.1, 0.15) is 12.7 Å². The van der Waals surface area contributed by atoms with E-state index in [1.165, 1.54) is 0 Å². The van der Waals surface area contributed by atoms with Gasteiger partial charge in [0.25, 0.3) is 0 Å². The summed E-state index contributed by atoms with van der Waals surface area (Å²) in [5, 5.41) is 5.84. The third-order valence-corrected chi connectivity index (χ3v) is 2.59. The summed E-state index contributed by atoms with van der Waals surface area (Å²) in [6.07, 6.45) is 1.58. The number of hydrogen-bond donors (Lipinski definition) is 2. The Bertz CT molecular complexity index is 344. The molecule has 1 saturated heterocycles. The molecule has 0 unspecified atom stereocenters. The molecular formula is C11H16N2O3. The minimum atomic E-state index is -0.179. The maximum absolute atomic E-state index is 11.4. The van der Waals surface area contributed by atoms with Crippen LogP contribution in [0.25, 0.3) is 0 Å². The lowest BCUT2D eigenvalue weighted by Gasteiger charge is -2.38. The number of ether oxygens (including phenoxy) is 1. The first-order chi connectivity index (χ1) is 7.68. The van der Waals surface area contributed by atoms with Gasteiger partial charge in [0.05, 0.1) is 18.4 Å². The van der Waals surface area contributed by atoms with Gasteiger partial charge in [-0.15, -0.1) is 0 Å². The molecule has 88 valence electrons. The van der Waals surface area contributed by atoms with Crippen molar-refractivity contribution in [3.63, 3.8) is 0 Å². The lowest BCUT2D eigenvalue weighted by molar-refractivity contribution is -0.136. The van der Waals surface area contributed by atoms with E-state index in [0.29, 0.717) is 6.54 Å². The SMILES string of the molecule is CC1(OCC(=O)NCc2ccco2)CNC1. The van der Waals surface area contributed by atoms with Gasteiger partial charge in [-0.05, 0) is 19.1 Å². The molecule has 0 aromatic carbocycles. The molecule has 0 bridgehead atoms. The predicted molar refractivity (Wildman–Crippen MR) is 57.8 cm³/mol. The fraction of sp³-hybridized carbons (Fsp3) is 0.545. The standard InChI is InChI=1S/C11H16N2O3/c1-11(7-12-8-11)16-6-10(14)13-5-9-3-2-4-15-9/h2-4,12H,5-8H2,1H3,(H,13,14). The van der Waals surface area contributed by atoms with E-state index >= 15 is 0 Å². The number of nitrogens with one attached hydrogen (secondary N) is 2. The third-order valence-electron chi connectivity index (χ3n) is 2.59. The lowest BCUT2D eigenvalue weighted by atomic mass is 10.0. The smallest absolute Gasteiger partial charge is 0.246 e. The van der Waals surface area contributed by atoms with Crippen molar-refractivity contribution in [2.45, 2.75) is 19.1 Å². The van der Waals surface area contributed by atoms with Gasteiger partial charge in [-0.3, -0.25) is 4.79 Å². The highest BCUT2D eigenvalue weighted by molar-refractivity contribution is 5.77. The van der Waals surface area contributed by atoms with Crippen LogP contribution in [0, 0.1) is 0 Å². The van der Waals surface area contributed by atoms with Crippen LogP contribution in [0.15, 0.2) is 22.8 Å². The Kier molecular flexibility index (Phi) is 3.26. The Morgan fingerprint density at radius 1 is 1.69 bits per heavy atom. The predicted octanol–water partition coefficient (Wildman–Crippen LogP) is 0.274. The Morgan fingerprint density at radius 3 is 3.06 bits per heavy atom. The van der Waals surface area contributed by atoms with Crippen LogP contribution in [-0.2, 0) is 16.1 Å². The van der Waals surface area contributed by atoms with Crippen molar-refractivity contribution in [1.29, 1.82) is 0 Å². The summed E-state index contributed by atoms with van der Waals surface area (Å²) < 4.78 is 10.6. The first-order valence-corrected chi connectivity index (χ1v) is 5.32. The van der Waals surface area contributed by atoms with Gasteiger partial charge < -0.3 is 19.8 Å². The van der Waals surface area contributed by atoms with Gasteiger partial charge in [0.2, 0.25) is 5.91 Å². The molecule has 1 aromatic heterocycles. The summed E-state index contributed by atoms with van der Waals surface area (Å²) >= 11 is 0. The summed E-state index contributed by atoms with van der Waals surface area (Å²) in [5.74, 6) is 0.620. The van der Waals surface area contributed by atoms with Crippen molar-refractivity contribution in [2.75, 3.05) is 19.7 Å². The van der Waals surface area contributed by atoms with E-state index in [2.05, 4.69) is 10.6 Å². The molecule has 0 radical (unpaired) electrons. The Labute approximate surface area is 94.1 Å². The van der Waals surface area contributed by atoms with Gasteiger partial charge in [-0.2, -0.15) is 0 Å². The third kappa shape index (κ3) is 2.84. The second-order valence-electron chi connectivity index (χ2n) is 4.20. The largest absolute Gasteiger partial charge is 0.467 e. The van der Waals surface area contributed by atoms with Crippen LogP contribution in [0.2, 0.25) is 0 Å². The average molecular weight is 224 g/mol. The molecule has 1 fully saturated rings. The van der Waals surface area contributed by atoms with Crippen molar-refractivity contribution in [1.82, 2.24) is 10.6 Å². The van der Waals surface area contributed by atoms with Crippen molar-refractivity contribution in [3.05, 3.63) is 24.2 Å². The topological polar surface area (TPSA) is 63.5 Å². The summed E-state index contributed by atoms with van der Waals surface area (Å²) in [4.78, 5) is 11.4. The Balaban J connectivity index is 1.65. The maximum Gasteiger partial charge on any atom is 0.246 e. The molecule has 2 rings (SSSR count). The number of carbonyl (C=O) groups excluding carboxylic acids is 1. The minimum Gasteiger partial charge on any atom is -0.467 e. The van der Waals surface area contributed by atoms with Gasteiger partial charge >= 0.3 is 0 Å². The van der Waals surface area contributed by atoms with E-state index in [-0.39, 0.29) is 18.1 Å². The van der Waals surface area contributed by atoms with Crippen LogP contribution >= 0.6 is 0 Å². The van der Waals surface area contributed by atoms with E-state index in [4.69, 9.17) is 9.15 Å². The lowest BCUT2D eigenvalue weighted by Crippen LogP contribution is -2.59. The molecule has 16 heavy (non-hydrogen) atoms. The monoisotopic (exact) mass is 224 g/mol. The van der Waals surface area contributed by atoms with Crippen LogP contribution in [0.3, 0.4) is 0 Å². The molecule has 1 amide bonds. The van der Waals surface area contributed by atoms with Gasteiger partial charge in [-0.1, -0.05) is 0 Å².